The van der Waals surface area contributed by atoms with Gasteiger partial charge in [0.15, 0.2) is 0 Å². The number of rotatable bonds is 5. The molecule has 2 atom stereocenters. The van der Waals surface area contributed by atoms with Gasteiger partial charge in [-0.1, -0.05) is 12.8 Å². The minimum absolute atomic E-state index is 0.201. The molecule has 1 rings (SSSR count). The van der Waals surface area contributed by atoms with E-state index in [9.17, 15) is 9.59 Å². The summed E-state index contributed by atoms with van der Waals surface area (Å²) in [5.74, 6) is -0.995. The number of carboxylic acid groups (broad SMARTS) is 1. The molecule has 0 spiro atoms. The Kier molecular flexibility index (Phi) is 3.92. The van der Waals surface area contributed by atoms with Gasteiger partial charge in [-0.2, -0.15) is 0 Å². The van der Waals surface area contributed by atoms with Crippen LogP contribution in [0.25, 0.3) is 0 Å². The molecule has 0 aliphatic heterocycles. The number of hydrogen-bond acceptors (Lipinski definition) is 2. The van der Waals surface area contributed by atoms with Gasteiger partial charge in [0.1, 0.15) is 0 Å². The predicted octanol–water partition coefficient (Wildman–Crippen LogP) is 1.01. The van der Waals surface area contributed by atoms with E-state index in [1.807, 2.05) is 0 Å². The molecule has 1 aliphatic rings. The van der Waals surface area contributed by atoms with Gasteiger partial charge in [0.2, 0.25) is 6.41 Å². The molecule has 1 amide bonds. The van der Waals surface area contributed by atoms with E-state index in [4.69, 9.17) is 5.11 Å². The van der Waals surface area contributed by atoms with Gasteiger partial charge >= 0.3 is 5.97 Å². The third-order valence-electron chi connectivity index (χ3n) is 3.10. The second-order valence-electron chi connectivity index (χ2n) is 3.98. The molecule has 1 saturated carbocycles. The van der Waals surface area contributed by atoms with E-state index < -0.39 is 11.9 Å². The lowest BCUT2D eigenvalue weighted by molar-refractivity contribution is -0.142. The molecule has 0 aromatic heterocycles. The molecule has 4 heteroatoms. The third-order valence-corrected chi connectivity index (χ3v) is 3.10. The van der Waals surface area contributed by atoms with Crippen molar-refractivity contribution in [2.75, 3.05) is 0 Å². The second-order valence-corrected chi connectivity index (χ2v) is 3.98. The fourth-order valence-corrected chi connectivity index (χ4v) is 2.24. The average Bonchev–Trinajstić information content (AvgIpc) is 2.65. The summed E-state index contributed by atoms with van der Waals surface area (Å²) in [4.78, 5) is 21.2. The standard InChI is InChI=1S/C10H17NO3/c1-7(10(13)14)9(11-6-12)8-4-2-3-5-8/h6-9H,2-5H2,1H3,(H,11,12)(H,13,14)/t7-,9?/m1/s1. The quantitative estimate of drug-likeness (QED) is 0.649. The summed E-state index contributed by atoms with van der Waals surface area (Å²) in [5, 5.41) is 11.5. The lowest BCUT2D eigenvalue weighted by Gasteiger charge is -2.26. The van der Waals surface area contributed by atoms with Crippen LogP contribution in [0.5, 0.6) is 0 Å². The van der Waals surface area contributed by atoms with Crippen molar-refractivity contribution in [3.8, 4) is 0 Å². The first-order chi connectivity index (χ1) is 6.66. The molecule has 14 heavy (non-hydrogen) atoms. The van der Waals surface area contributed by atoms with Gasteiger partial charge < -0.3 is 10.4 Å². The van der Waals surface area contributed by atoms with Crippen LogP contribution in [0.3, 0.4) is 0 Å². The van der Waals surface area contributed by atoms with E-state index >= 15 is 0 Å². The van der Waals surface area contributed by atoms with Crippen LogP contribution < -0.4 is 5.32 Å². The topological polar surface area (TPSA) is 66.4 Å². The van der Waals surface area contributed by atoms with Crippen LogP contribution in [-0.4, -0.2) is 23.5 Å². The predicted molar refractivity (Wildman–Crippen MR) is 51.7 cm³/mol. The molecule has 2 N–H and O–H groups in total. The SMILES string of the molecule is C[C@@H](C(=O)O)C(NC=O)C1CCCC1. The third kappa shape index (κ3) is 2.47. The number of carbonyl (C=O) groups excluding carboxylic acids is 1. The Morgan fingerprint density at radius 3 is 2.50 bits per heavy atom. The van der Waals surface area contributed by atoms with Gasteiger partial charge in [-0.3, -0.25) is 9.59 Å². The first-order valence-electron chi connectivity index (χ1n) is 5.09. The van der Waals surface area contributed by atoms with Gasteiger partial charge in [-0.05, 0) is 25.7 Å². The van der Waals surface area contributed by atoms with Crippen molar-refractivity contribution in [1.29, 1.82) is 0 Å². The zero-order valence-corrected chi connectivity index (χ0v) is 8.40. The summed E-state index contributed by atoms with van der Waals surface area (Å²) in [6.45, 7) is 1.65. The van der Waals surface area contributed by atoms with Gasteiger partial charge in [0, 0.05) is 6.04 Å². The molecule has 80 valence electrons. The number of amides is 1. The number of carboxylic acids is 1. The van der Waals surface area contributed by atoms with Crippen LogP contribution in [0.15, 0.2) is 0 Å². The highest BCUT2D eigenvalue weighted by Gasteiger charge is 2.32. The van der Waals surface area contributed by atoms with Crippen molar-refractivity contribution >= 4 is 12.4 Å². The highest BCUT2D eigenvalue weighted by Crippen LogP contribution is 2.30. The lowest BCUT2D eigenvalue weighted by atomic mass is 9.88. The summed E-state index contributed by atoms with van der Waals surface area (Å²) in [6.07, 6.45) is 4.97. The smallest absolute Gasteiger partial charge is 0.308 e. The highest BCUT2D eigenvalue weighted by atomic mass is 16.4. The molecule has 1 unspecified atom stereocenters. The maximum atomic E-state index is 10.8. The average molecular weight is 199 g/mol. The van der Waals surface area contributed by atoms with Crippen LogP contribution in [-0.2, 0) is 9.59 Å². The number of hydrogen-bond donors (Lipinski definition) is 2. The van der Waals surface area contributed by atoms with E-state index in [0.29, 0.717) is 12.3 Å². The van der Waals surface area contributed by atoms with E-state index in [1.165, 1.54) is 0 Å². The van der Waals surface area contributed by atoms with E-state index in [1.54, 1.807) is 6.92 Å². The summed E-state index contributed by atoms with van der Waals surface area (Å²) in [7, 11) is 0. The lowest BCUT2D eigenvalue weighted by Crippen LogP contribution is -2.42. The maximum absolute atomic E-state index is 10.8. The van der Waals surface area contributed by atoms with Gasteiger partial charge in [-0.25, -0.2) is 0 Å². The molecule has 1 aliphatic carbocycles. The summed E-state index contributed by atoms with van der Waals surface area (Å²) in [5.41, 5.74) is 0. The van der Waals surface area contributed by atoms with Crippen LogP contribution in [0.1, 0.15) is 32.6 Å². The fraction of sp³-hybridized carbons (Fsp3) is 0.800. The van der Waals surface area contributed by atoms with Crippen molar-refractivity contribution in [3.05, 3.63) is 0 Å². The maximum Gasteiger partial charge on any atom is 0.308 e. The minimum atomic E-state index is -0.837. The first kappa shape index (κ1) is 11.0. The molecule has 0 bridgehead atoms. The molecule has 0 aromatic carbocycles. The van der Waals surface area contributed by atoms with Crippen LogP contribution in [0.2, 0.25) is 0 Å². The molecule has 0 radical (unpaired) electrons. The van der Waals surface area contributed by atoms with Crippen molar-refractivity contribution in [2.45, 2.75) is 38.6 Å². The molecule has 4 nitrogen and oxygen atoms in total. The largest absolute Gasteiger partial charge is 0.481 e. The molecular weight excluding hydrogens is 182 g/mol. The van der Waals surface area contributed by atoms with Gasteiger partial charge in [0.05, 0.1) is 5.92 Å². The molecule has 0 saturated heterocycles. The normalized spacial score (nSPS) is 21.5. The molecule has 1 fully saturated rings. The molecule has 0 aromatic rings. The van der Waals surface area contributed by atoms with E-state index in [0.717, 1.165) is 25.7 Å². The minimum Gasteiger partial charge on any atom is -0.481 e. The Bertz CT molecular complexity index is 211. The van der Waals surface area contributed by atoms with Crippen molar-refractivity contribution in [1.82, 2.24) is 5.32 Å². The number of carbonyl (C=O) groups is 2. The summed E-state index contributed by atoms with van der Waals surface area (Å²) < 4.78 is 0. The number of aliphatic carboxylic acids is 1. The Morgan fingerprint density at radius 1 is 1.50 bits per heavy atom. The molecular formula is C10H17NO3. The van der Waals surface area contributed by atoms with Gasteiger partial charge in [-0.15, -0.1) is 0 Å². The Morgan fingerprint density at radius 2 is 2.07 bits per heavy atom. The van der Waals surface area contributed by atoms with Crippen LogP contribution >= 0.6 is 0 Å². The zero-order valence-electron chi connectivity index (χ0n) is 8.40. The van der Waals surface area contributed by atoms with Crippen LogP contribution in [0, 0.1) is 11.8 Å². The number of nitrogens with one attached hydrogen (secondary N) is 1. The fourth-order valence-electron chi connectivity index (χ4n) is 2.24. The van der Waals surface area contributed by atoms with E-state index in [-0.39, 0.29) is 6.04 Å². The van der Waals surface area contributed by atoms with Crippen molar-refractivity contribution < 1.29 is 14.7 Å². The Hall–Kier alpha value is -1.06. The second kappa shape index (κ2) is 4.98. The monoisotopic (exact) mass is 199 g/mol. The van der Waals surface area contributed by atoms with Gasteiger partial charge in [0.25, 0.3) is 0 Å². The highest BCUT2D eigenvalue weighted by molar-refractivity contribution is 5.71. The Balaban J connectivity index is 2.61. The van der Waals surface area contributed by atoms with E-state index in [2.05, 4.69) is 5.32 Å². The first-order valence-corrected chi connectivity index (χ1v) is 5.09. The van der Waals surface area contributed by atoms with Crippen LogP contribution in [0.4, 0.5) is 0 Å². The molecule has 0 heterocycles. The van der Waals surface area contributed by atoms with Crippen molar-refractivity contribution in [2.24, 2.45) is 11.8 Å². The summed E-state index contributed by atoms with van der Waals surface area (Å²) in [6, 6.07) is -0.201. The zero-order chi connectivity index (χ0) is 10.6. The Labute approximate surface area is 83.7 Å². The summed E-state index contributed by atoms with van der Waals surface area (Å²) >= 11 is 0. The van der Waals surface area contributed by atoms with Crippen molar-refractivity contribution in [3.63, 3.8) is 0 Å².